The van der Waals surface area contributed by atoms with Gasteiger partial charge < -0.3 is 20.7 Å². The zero-order valence-corrected chi connectivity index (χ0v) is 11.7. The molecule has 112 valence electrons. The minimum atomic E-state index is -0.870. The maximum Gasteiger partial charge on any atom is 0.314 e. The van der Waals surface area contributed by atoms with E-state index < -0.39 is 11.9 Å². The van der Waals surface area contributed by atoms with E-state index >= 15 is 0 Å². The highest BCUT2D eigenvalue weighted by Crippen LogP contribution is 2.04. The Hall–Kier alpha value is -2.05. The molecule has 7 heteroatoms. The van der Waals surface area contributed by atoms with E-state index in [1.54, 1.807) is 12.4 Å². The van der Waals surface area contributed by atoms with Crippen LogP contribution in [-0.2, 0) is 11.2 Å². The van der Waals surface area contributed by atoms with Crippen molar-refractivity contribution in [1.29, 1.82) is 0 Å². The molecule has 0 radical (unpaired) electrons. The molecular formula is C13H22N4O3. The van der Waals surface area contributed by atoms with Crippen LogP contribution in [0, 0.1) is 5.92 Å². The molecular weight excluding hydrogens is 260 g/mol. The number of carbonyl (C=O) groups is 2. The lowest BCUT2D eigenvalue weighted by Crippen LogP contribution is -2.40. The summed E-state index contributed by atoms with van der Waals surface area (Å²) >= 11 is 0. The monoisotopic (exact) mass is 282 g/mol. The first-order valence-corrected chi connectivity index (χ1v) is 6.86. The number of aromatic nitrogens is 2. The fourth-order valence-electron chi connectivity index (χ4n) is 1.83. The Balaban J connectivity index is 2.11. The maximum absolute atomic E-state index is 11.5. The van der Waals surface area contributed by atoms with Gasteiger partial charge in [0, 0.05) is 31.9 Å². The molecule has 0 spiro atoms. The molecule has 0 bridgehead atoms. The van der Waals surface area contributed by atoms with E-state index in [2.05, 4.69) is 20.6 Å². The number of amides is 2. The van der Waals surface area contributed by atoms with Gasteiger partial charge in [0.2, 0.25) is 0 Å². The van der Waals surface area contributed by atoms with Gasteiger partial charge in [-0.15, -0.1) is 0 Å². The van der Waals surface area contributed by atoms with E-state index in [-0.39, 0.29) is 12.6 Å². The highest BCUT2D eigenvalue weighted by molar-refractivity contribution is 5.75. The number of hydrogen-bond acceptors (Lipinski definition) is 3. The average Bonchev–Trinajstić information content (AvgIpc) is 2.92. The number of aromatic amines is 1. The third-order valence-corrected chi connectivity index (χ3v) is 2.93. The van der Waals surface area contributed by atoms with Crippen molar-refractivity contribution in [2.75, 3.05) is 13.1 Å². The molecule has 20 heavy (non-hydrogen) atoms. The lowest BCUT2D eigenvalue weighted by Gasteiger charge is -2.12. The quantitative estimate of drug-likeness (QED) is 0.509. The number of nitrogens with one attached hydrogen (secondary N) is 3. The van der Waals surface area contributed by atoms with Crippen LogP contribution in [0.3, 0.4) is 0 Å². The summed E-state index contributed by atoms with van der Waals surface area (Å²) in [5.41, 5.74) is 0. The van der Waals surface area contributed by atoms with Gasteiger partial charge in [-0.2, -0.15) is 0 Å². The number of aliphatic carboxylic acids is 1. The lowest BCUT2D eigenvalue weighted by atomic mass is 10.0. The minimum Gasteiger partial charge on any atom is -0.481 e. The number of aryl methyl sites for hydroxylation is 1. The van der Waals surface area contributed by atoms with E-state index in [0.29, 0.717) is 13.0 Å². The third-order valence-electron chi connectivity index (χ3n) is 2.93. The average molecular weight is 282 g/mol. The molecule has 4 N–H and O–H groups in total. The Morgan fingerprint density at radius 3 is 2.85 bits per heavy atom. The van der Waals surface area contributed by atoms with Gasteiger partial charge in [-0.1, -0.05) is 13.3 Å². The van der Waals surface area contributed by atoms with Crippen molar-refractivity contribution in [1.82, 2.24) is 20.6 Å². The number of carbonyl (C=O) groups excluding carboxylic acids is 1. The fourth-order valence-corrected chi connectivity index (χ4v) is 1.83. The van der Waals surface area contributed by atoms with E-state index in [1.807, 2.05) is 6.92 Å². The van der Waals surface area contributed by atoms with Gasteiger partial charge in [0.15, 0.2) is 0 Å². The van der Waals surface area contributed by atoms with Crippen molar-refractivity contribution in [3.05, 3.63) is 18.2 Å². The molecule has 1 heterocycles. The van der Waals surface area contributed by atoms with Crippen LogP contribution in [0.1, 0.15) is 32.0 Å². The second-order valence-electron chi connectivity index (χ2n) is 4.60. The van der Waals surface area contributed by atoms with E-state index in [9.17, 15) is 9.59 Å². The van der Waals surface area contributed by atoms with Gasteiger partial charge in [-0.3, -0.25) is 4.79 Å². The lowest BCUT2D eigenvalue weighted by molar-refractivity contribution is -0.141. The van der Waals surface area contributed by atoms with Crippen LogP contribution in [-0.4, -0.2) is 40.2 Å². The number of carboxylic acids is 1. The van der Waals surface area contributed by atoms with Crippen LogP contribution >= 0.6 is 0 Å². The Labute approximate surface area is 118 Å². The molecule has 1 atom stereocenters. The second kappa shape index (κ2) is 8.95. The number of urea groups is 1. The zero-order valence-electron chi connectivity index (χ0n) is 11.7. The van der Waals surface area contributed by atoms with Crippen LogP contribution in [0.2, 0.25) is 0 Å². The Morgan fingerprint density at radius 1 is 1.45 bits per heavy atom. The number of H-pyrrole nitrogens is 1. The largest absolute Gasteiger partial charge is 0.481 e. The number of hydrogen-bond donors (Lipinski definition) is 4. The van der Waals surface area contributed by atoms with Gasteiger partial charge in [0.05, 0.1) is 5.92 Å². The summed E-state index contributed by atoms with van der Waals surface area (Å²) < 4.78 is 0. The Morgan fingerprint density at radius 2 is 2.25 bits per heavy atom. The molecule has 0 aromatic carbocycles. The summed E-state index contributed by atoms with van der Waals surface area (Å²) in [6.45, 7) is 2.61. The zero-order chi connectivity index (χ0) is 14.8. The molecule has 0 saturated heterocycles. The second-order valence-corrected chi connectivity index (χ2v) is 4.60. The summed E-state index contributed by atoms with van der Waals surface area (Å²) in [5, 5.41) is 14.2. The number of nitrogens with zero attached hydrogens (tertiary/aromatic N) is 1. The Bertz CT molecular complexity index is 406. The van der Waals surface area contributed by atoms with Gasteiger partial charge in [-0.05, 0) is 12.8 Å². The first kappa shape index (κ1) is 16.0. The number of imidazole rings is 1. The van der Waals surface area contributed by atoms with Crippen molar-refractivity contribution in [3.63, 3.8) is 0 Å². The predicted octanol–water partition coefficient (Wildman–Crippen LogP) is 1.14. The van der Waals surface area contributed by atoms with E-state index in [0.717, 1.165) is 25.1 Å². The number of rotatable bonds is 9. The molecule has 1 aromatic heterocycles. The molecule has 0 aliphatic carbocycles. The molecule has 1 unspecified atom stereocenters. The molecule has 2 amide bonds. The van der Waals surface area contributed by atoms with Crippen LogP contribution in [0.5, 0.6) is 0 Å². The first-order valence-electron chi connectivity index (χ1n) is 6.86. The third kappa shape index (κ3) is 6.21. The summed E-state index contributed by atoms with van der Waals surface area (Å²) in [4.78, 5) is 29.5. The molecule has 1 rings (SSSR count). The van der Waals surface area contributed by atoms with Crippen LogP contribution in [0.25, 0.3) is 0 Å². The van der Waals surface area contributed by atoms with Crippen molar-refractivity contribution in [3.8, 4) is 0 Å². The van der Waals surface area contributed by atoms with Crippen molar-refractivity contribution in [2.24, 2.45) is 5.92 Å². The van der Waals surface area contributed by atoms with Gasteiger partial charge in [0.1, 0.15) is 5.82 Å². The molecule has 0 aliphatic rings. The summed E-state index contributed by atoms with van der Waals surface area (Å²) in [6, 6.07) is -0.327. The predicted molar refractivity (Wildman–Crippen MR) is 74.3 cm³/mol. The molecule has 7 nitrogen and oxygen atoms in total. The van der Waals surface area contributed by atoms with Gasteiger partial charge >= 0.3 is 12.0 Å². The van der Waals surface area contributed by atoms with E-state index in [4.69, 9.17) is 5.11 Å². The van der Waals surface area contributed by atoms with Gasteiger partial charge in [-0.25, -0.2) is 9.78 Å². The smallest absolute Gasteiger partial charge is 0.314 e. The minimum absolute atomic E-state index is 0.160. The van der Waals surface area contributed by atoms with Crippen LogP contribution in [0.4, 0.5) is 4.79 Å². The highest BCUT2D eigenvalue weighted by Gasteiger charge is 2.16. The van der Waals surface area contributed by atoms with Crippen molar-refractivity contribution in [2.45, 2.75) is 32.6 Å². The van der Waals surface area contributed by atoms with Crippen LogP contribution in [0.15, 0.2) is 12.4 Å². The summed E-state index contributed by atoms with van der Waals surface area (Å²) in [7, 11) is 0. The normalized spacial score (nSPS) is 11.8. The maximum atomic E-state index is 11.5. The fraction of sp³-hybridized carbons (Fsp3) is 0.615. The van der Waals surface area contributed by atoms with Crippen LogP contribution < -0.4 is 10.6 Å². The standard InChI is InChI=1S/C13H22N4O3/c1-2-4-10(12(18)19)9-17-13(20)16-6-3-5-11-14-7-8-15-11/h7-8,10H,2-6,9H2,1H3,(H,14,15)(H,18,19)(H2,16,17,20). The summed E-state index contributed by atoms with van der Waals surface area (Å²) in [5.74, 6) is -0.500. The van der Waals surface area contributed by atoms with Gasteiger partial charge in [0.25, 0.3) is 0 Å². The molecule has 0 aliphatic heterocycles. The van der Waals surface area contributed by atoms with Crippen molar-refractivity contribution < 1.29 is 14.7 Å². The van der Waals surface area contributed by atoms with Crippen molar-refractivity contribution >= 4 is 12.0 Å². The molecule has 0 fully saturated rings. The SMILES string of the molecule is CCCC(CNC(=O)NCCCc1ncc[nH]1)C(=O)O. The highest BCUT2D eigenvalue weighted by atomic mass is 16.4. The topological polar surface area (TPSA) is 107 Å². The molecule has 1 aromatic rings. The summed E-state index contributed by atoms with van der Waals surface area (Å²) in [6.07, 6.45) is 6.33. The van der Waals surface area contributed by atoms with E-state index in [1.165, 1.54) is 0 Å². The number of carboxylic acid groups (broad SMARTS) is 1. The first-order chi connectivity index (χ1) is 9.63. The molecule has 0 saturated carbocycles. The Kier molecular flexibility index (Phi) is 7.16.